The first-order valence-corrected chi connectivity index (χ1v) is 5.33. The van der Waals surface area contributed by atoms with Crippen molar-refractivity contribution in [2.24, 2.45) is 4.99 Å². The molecule has 0 unspecified atom stereocenters. The third-order valence-electron chi connectivity index (χ3n) is 2.00. The summed E-state index contributed by atoms with van der Waals surface area (Å²) in [5, 5.41) is 6.28. The number of hydrogen-bond acceptors (Lipinski definition) is 1. The van der Waals surface area contributed by atoms with Crippen LogP contribution in [0.15, 0.2) is 29.3 Å². The van der Waals surface area contributed by atoms with Crippen LogP contribution in [0, 0.1) is 5.82 Å². The number of rotatable bonds is 3. The third-order valence-corrected chi connectivity index (χ3v) is 2.00. The van der Waals surface area contributed by atoms with Crippen LogP contribution in [0.2, 0.25) is 0 Å². The van der Waals surface area contributed by atoms with Crippen LogP contribution in [0.25, 0.3) is 0 Å². The van der Waals surface area contributed by atoms with Crippen LogP contribution in [-0.4, -0.2) is 19.0 Å². The Morgan fingerprint density at radius 3 is 2.75 bits per heavy atom. The predicted molar refractivity (Wildman–Crippen MR) is 64.9 cm³/mol. The fourth-order valence-corrected chi connectivity index (χ4v) is 1.30. The summed E-state index contributed by atoms with van der Waals surface area (Å²) in [4.78, 5) is 4.07. The highest BCUT2D eigenvalue weighted by Gasteiger charge is 2.00. The quantitative estimate of drug-likeness (QED) is 0.606. The molecule has 1 rings (SSSR count). The summed E-state index contributed by atoms with van der Waals surface area (Å²) in [6.07, 6.45) is 0. The molecule has 1 aromatic rings. The SMILES string of the molecule is CN=C(NCc1cccc(F)c1)NC(C)C. The molecule has 0 heterocycles. The minimum Gasteiger partial charge on any atom is -0.354 e. The van der Waals surface area contributed by atoms with Gasteiger partial charge in [0.2, 0.25) is 0 Å². The molecule has 0 bridgehead atoms. The van der Waals surface area contributed by atoms with Gasteiger partial charge < -0.3 is 10.6 Å². The minimum atomic E-state index is -0.217. The Balaban J connectivity index is 2.50. The standard InChI is InChI=1S/C12H18FN3/c1-9(2)16-12(14-3)15-8-10-5-4-6-11(13)7-10/h4-7,9H,8H2,1-3H3,(H2,14,15,16). The summed E-state index contributed by atoms with van der Waals surface area (Å²) in [6, 6.07) is 6.84. The van der Waals surface area contributed by atoms with Crippen molar-refractivity contribution in [1.82, 2.24) is 10.6 Å². The van der Waals surface area contributed by atoms with E-state index in [1.807, 2.05) is 19.9 Å². The van der Waals surface area contributed by atoms with Crippen molar-refractivity contribution >= 4 is 5.96 Å². The molecule has 4 heteroatoms. The molecule has 0 amide bonds. The van der Waals surface area contributed by atoms with Gasteiger partial charge in [-0.2, -0.15) is 0 Å². The Kier molecular flexibility index (Phi) is 4.76. The summed E-state index contributed by atoms with van der Waals surface area (Å²) >= 11 is 0. The Morgan fingerprint density at radius 2 is 2.19 bits per heavy atom. The van der Waals surface area contributed by atoms with Crippen molar-refractivity contribution in [3.05, 3.63) is 35.6 Å². The number of guanidine groups is 1. The van der Waals surface area contributed by atoms with E-state index in [4.69, 9.17) is 0 Å². The van der Waals surface area contributed by atoms with Crippen molar-refractivity contribution in [3.63, 3.8) is 0 Å². The fraction of sp³-hybridized carbons (Fsp3) is 0.417. The first kappa shape index (κ1) is 12.5. The molecule has 0 aromatic heterocycles. The van der Waals surface area contributed by atoms with E-state index in [1.165, 1.54) is 12.1 Å². The Bertz CT molecular complexity index is 361. The minimum absolute atomic E-state index is 0.217. The molecule has 0 aliphatic carbocycles. The average molecular weight is 223 g/mol. The maximum atomic E-state index is 12.9. The monoisotopic (exact) mass is 223 g/mol. The zero-order valence-corrected chi connectivity index (χ0v) is 9.92. The number of nitrogens with one attached hydrogen (secondary N) is 2. The molecule has 0 fully saturated rings. The topological polar surface area (TPSA) is 36.4 Å². The molecule has 0 aliphatic rings. The number of hydrogen-bond donors (Lipinski definition) is 2. The number of benzene rings is 1. The zero-order valence-electron chi connectivity index (χ0n) is 9.92. The maximum absolute atomic E-state index is 12.9. The van der Waals surface area contributed by atoms with Gasteiger partial charge in [-0.1, -0.05) is 12.1 Å². The second-order valence-corrected chi connectivity index (χ2v) is 3.85. The normalized spacial score (nSPS) is 11.7. The molecule has 0 radical (unpaired) electrons. The van der Waals surface area contributed by atoms with Gasteiger partial charge >= 0.3 is 0 Å². The van der Waals surface area contributed by atoms with E-state index in [0.717, 1.165) is 11.5 Å². The maximum Gasteiger partial charge on any atom is 0.191 e. The highest BCUT2D eigenvalue weighted by atomic mass is 19.1. The lowest BCUT2D eigenvalue weighted by molar-refractivity contribution is 0.624. The predicted octanol–water partition coefficient (Wildman–Crippen LogP) is 1.90. The molecule has 0 saturated carbocycles. The molecule has 1 aromatic carbocycles. The molecule has 0 spiro atoms. The zero-order chi connectivity index (χ0) is 12.0. The van der Waals surface area contributed by atoms with Crippen LogP contribution >= 0.6 is 0 Å². The first-order valence-electron chi connectivity index (χ1n) is 5.33. The van der Waals surface area contributed by atoms with Crippen LogP contribution in [0.1, 0.15) is 19.4 Å². The van der Waals surface area contributed by atoms with Crippen LogP contribution in [-0.2, 0) is 6.54 Å². The number of nitrogens with zero attached hydrogens (tertiary/aromatic N) is 1. The van der Waals surface area contributed by atoms with Crippen molar-refractivity contribution in [2.75, 3.05) is 7.05 Å². The largest absolute Gasteiger partial charge is 0.354 e. The summed E-state index contributed by atoms with van der Waals surface area (Å²) in [5.41, 5.74) is 0.895. The molecular formula is C12H18FN3. The van der Waals surface area contributed by atoms with Crippen LogP contribution in [0.3, 0.4) is 0 Å². The van der Waals surface area contributed by atoms with Crippen LogP contribution < -0.4 is 10.6 Å². The molecule has 16 heavy (non-hydrogen) atoms. The lowest BCUT2D eigenvalue weighted by Crippen LogP contribution is -2.40. The fourth-order valence-electron chi connectivity index (χ4n) is 1.30. The van der Waals surface area contributed by atoms with E-state index in [0.29, 0.717) is 12.6 Å². The summed E-state index contributed by atoms with van der Waals surface area (Å²) in [7, 11) is 1.71. The van der Waals surface area contributed by atoms with Gasteiger partial charge in [0.15, 0.2) is 5.96 Å². The Morgan fingerprint density at radius 1 is 1.44 bits per heavy atom. The van der Waals surface area contributed by atoms with Gasteiger partial charge in [-0.3, -0.25) is 4.99 Å². The van der Waals surface area contributed by atoms with Gasteiger partial charge in [-0.05, 0) is 31.5 Å². The highest BCUT2D eigenvalue weighted by molar-refractivity contribution is 5.79. The first-order chi connectivity index (χ1) is 7.61. The van der Waals surface area contributed by atoms with Gasteiger partial charge in [0, 0.05) is 19.6 Å². The Labute approximate surface area is 95.8 Å². The van der Waals surface area contributed by atoms with Crippen LogP contribution in [0.5, 0.6) is 0 Å². The summed E-state index contributed by atoms with van der Waals surface area (Å²) in [6.45, 7) is 4.63. The molecule has 0 saturated heterocycles. The molecular weight excluding hydrogens is 205 g/mol. The van der Waals surface area contributed by atoms with Crippen LogP contribution in [0.4, 0.5) is 4.39 Å². The smallest absolute Gasteiger partial charge is 0.191 e. The van der Waals surface area contributed by atoms with Gasteiger partial charge in [-0.15, -0.1) is 0 Å². The molecule has 2 N–H and O–H groups in total. The van der Waals surface area contributed by atoms with E-state index in [9.17, 15) is 4.39 Å². The van der Waals surface area contributed by atoms with E-state index in [1.54, 1.807) is 13.1 Å². The Hall–Kier alpha value is -1.58. The molecule has 3 nitrogen and oxygen atoms in total. The van der Waals surface area contributed by atoms with Crippen molar-refractivity contribution < 1.29 is 4.39 Å². The average Bonchev–Trinajstić information content (AvgIpc) is 2.24. The van der Waals surface area contributed by atoms with E-state index in [-0.39, 0.29) is 5.82 Å². The summed E-state index contributed by atoms with van der Waals surface area (Å²) < 4.78 is 12.9. The third kappa shape index (κ3) is 4.29. The second kappa shape index (κ2) is 6.10. The van der Waals surface area contributed by atoms with Crippen molar-refractivity contribution in [1.29, 1.82) is 0 Å². The van der Waals surface area contributed by atoms with Gasteiger partial charge in [0.05, 0.1) is 0 Å². The van der Waals surface area contributed by atoms with E-state index < -0.39 is 0 Å². The number of aliphatic imine (C=N–C) groups is 1. The second-order valence-electron chi connectivity index (χ2n) is 3.85. The highest BCUT2D eigenvalue weighted by Crippen LogP contribution is 2.02. The van der Waals surface area contributed by atoms with Crippen molar-refractivity contribution in [2.45, 2.75) is 26.4 Å². The lowest BCUT2D eigenvalue weighted by atomic mass is 10.2. The van der Waals surface area contributed by atoms with Gasteiger partial charge in [-0.25, -0.2) is 4.39 Å². The molecule has 0 aliphatic heterocycles. The van der Waals surface area contributed by atoms with Gasteiger partial charge in [0.25, 0.3) is 0 Å². The van der Waals surface area contributed by atoms with E-state index in [2.05, 4.69) is 15.6 Å². The number of halogens is 1. The summed E-state index contributed by atoms with van der Waals surface area (Å²) in [5.74, 6) is 0.505. The van der Waals surface area contributed by atoms with E-state index >= 15 is 0 Å². The van der Waals surface area contributed by atoms with Gasteiger partial charge in [0.1, 0.15) is 5.82 Å². The van der Waals surface area contributed by atoms with Crippen molar-refractivity contribution in [3.8, 4) is 0 Å². The molecule has 0 atom stereocenters. The molecule has 88 valence electrons. The lowest BCUT2D eigenvalue weighted by Gasteiger charge is -2.14.